The molecule has 2 heterocycles. The van der Waals surface area contributed by atoms with E-state index >= 15 is 0 Å². The van der Waals surface area contributed by atoms with E-state index in [9.17, 15) is 9.59 Å². The van der Waals surface area contributed by atoms with Crippen molar-refractivity contribution in [2.75, 3.05) is 53.1 Å². The van der Waals surface area contributed by atoms with Crippen LogP contribution < -0.4 is 20.1 Å². The van der Waals surface area contributed by atoms with E-state index in [1.807, 2.05) is 11.8 Å². The largest absolute Gasteiger partial charge is 0.490 e. The van der Waals surface area contributed by atoms with Crippen molar-refractivity contribution in [2.45, 2.75) is 32.2 Å². The maximum Gasteiger partial charge on any atom is 0.251 e. The first-order valence-corrected chi connectivity index (χ1v) is 14.2. The van der Waals surface area contributed by atoms with E-state index in [1.165, 1.54) is 0 Å². The Labute approximate surface area is 240 Å². The number of ether oxygens (including phenoxy) is 3. The third-order valence-corrected chi connectivity index (χ3v) is 7.77. The van der Waals surface area contributed by atoms with E-state index in [-0.39, 0.29) is 37.0 Å². The molecule has 0 spiro atoms. The minimum Gasteiger partial charge on any atom is -0.490 e. The molecule has 0 radical (unpaired) electrons. The molecule has 2 aromatic rings. The number of hydrogen-bond acceptors (Lipinski definition) is 6. The van der Waals surface area contributed by atoms with Crippen LogP contribution in [-0.4, -0.2) is 75.9 Å². The standard InChI is InChI=1S/C29H37Cl2N3O5/c1-19-14-24(30)27(25(31)15-19)39-13-12-38-22-7-5-21(6-8-22)28(35)33-26-9-10-32-16-23(26)29(36)34-11-3-4-20(17-34)18-37-2/h5-8,14-15,20,23,26,32H,3-4,9-13,16-18H2,1-2H3,(H,33,35). The van der Waals surface area contributed by atoms with Crippen LogP contribution in [0.25, 0.3) is 0 Å². The summed E-state index contributed by atoms with van der Waals surface area (Å²) in [6, 6.07) is 10.3. The molecule has 0 bridgehead atoms. The highest BCUT2D eigenvalue weighted by atomic mass is 35.5. The summed E-state index contributed by atoms with van der Waals surface area (Å²) in [4.78, 5) is 28.4. The van der Waals surface area contributed by atoms with Crippen molar-refractivity contribution in [1.82, 2.24) is 15.5 Å². The Hall–Kier alpha value is -2.52. The van der Waals surface area contributed by atoms with Gasteiger partial charge in [-0.1, -0.05) is 23.2 Å². The summed E-state index contributed by atoms with van der Waals surface area (Å²) in [5.41, 5.74) is 1.47. The van der Waals surface area contributed by atoms with E-state index in [0.717, 1.165) is 31.5 Å². The van der Waals surface area contributed by atoms with Crippen LogP contribution in [0.4, 0.5) is 0 Å². The number of carbonyl (C=O) groups is 2. The molecule has 4 rings (SSSR count). The molecule has 0 saturated carbocycles. The zero-order valence-electron chi connectivity index (χ0n) is 22.5. The highest BCUT2D eigenvalue weighted by Crippen LogP contribution is 2.34. The number of piperidine rings is 2. The number of halogens is 2. The van der Waals surface area contributed by atoms with Gasteiger partial charge >= 0.3 is 0 Å². The van der Waals surface area contributed by atoms with E-state index in [0.29, 0.717) is 59.1 Å². The molecule has 2 aliphatic heterocycles. The number of rotatable bonds is 10. The van der Waals surface area contributed by atoms with Crippen LogP contribution in [0.3, 0.4) is 0 Å². The summed E-state index contributed by atoms with van der Waals surface area (Å²) in [5, 5.41) is 7.34. The number of nitrogens with zero attached hydrogens (tertiary/aromatic N) is 1. The van der Waals surface area contributed by atoms with Crippen molar-refractivity contribution in [3.8, 4) is 11.5 Å². The van der Waals surface area contributed by atoms with Gasteiger partial charge in [0.1, 0.15) is 19.0 Å². The van der Waals surface area contributed by atoms with Gasteiger partial charge in [0.15, 0.2) is 5.75 Å². The Morgan fingerprint density at radius 3 is 2.51 bits per heavy atom. The monoisotopic (exact) mass is 577 g/mol. The lowest BCUT2D eigenvalue weighted by atomic mass is 9.90. The molecule has 0 aromatic heterocycles. The van der Waals surface area contributed by atoms with Crippen LogP contribution in [0.5, 0.6) is 11.5 Å². The van der Waals surface area contributed by atoms with E-state index in [2.05, 4.69) is 10.6 Å². The lowest BCUT2D eigenvalue weighted by molar-refractivity contribution is -0.139. The van der Waals surface area contributed by atoms with Crippen molar-refractivity contribution in [2.24, 2.45) is 11.8 Å². The van der Waals surface area contributed by atoms with Crippen LogP contribution in [-0.2, 0) is 9.53 Å². The topological polar surface area (TPSA) is 89.1 Å². The van der Waals surface area contributed by atoms with Gasteiger partial charge in [0.2, 0.25) is 5.91 Å². The minimum absolute atomic E-state index is 0.104. The summed E-state index contributed by atoms with van der Waals surface area (Å²) in [6.07, 6.45) is 2.75. The molecule has 10 heteroatoms. The van der Waals surface area contributed by atoms with Gasteiger partial charge in [-0.15, -0.1) is 0 Å². The van der Waals surface area contributed by atoms with Gasteiger partial charge in [-0.05, 0) is 80.6 Å². The normalized spacial score (nSPS) is 21.3. The molecule has 3 atom stereocenters. The molecule has 2 aromatic carbocycles. The molecule has 39 heavy (non-hydrogen) atoms. The molecule has 3 unspecified atom stereocenters. The molecule has 2 saturated heterocycles. The lowest BCUT2D eigenvalue weighted by Gasteiger charge is -2.38. The van der Waals surface area contributed by atoms with Crippen molar-refractivity contribution >= 4 is 35.0 Å². The summed E-state index contributed by atoms with van der Waals surface area (Å²) in [7, 11) is 1.70. The number of aryl methyl sites for hydroxylation is 1. The molecular formula is C29H37Cl2N3O5. The number of benzene rings is 2. The van der Waals surface area contributed by atoms with E-state index < -0.39 is 0 Å². The second-order valence-electron chi connectivity index (χ2n) is 10.2. The van der Waals surface area contributed by atoms with Gasteiger partial charge in [-0.25, -0.2) is 0 Å². The van der Waals surface area contributed by atoms with Gasteiger partial charge in [-0.3, -0.25) is 9.59 Å². The van der Waals surface area contributed by atoms with Gasteiger partial charge in [0, 0.05) is 38.3 Å². The highest BCUT2D eigenvalue weighted by molar-refractivity contribution is 6.37. The summed E-state index contributed by atoms with van der Waals surface area (Å²) in [5.74, 6) is 1.03. The van der Waals surface area contributed by atoms with Crippen LogP contribution in [0.2, 0.25) is 10.0 Å². The molecule has 2 amide bonds. The van der Waals surface area contributed by atoms with Gasteiger partial charge in [0.05, 0.1) is 22.6 Å². The molecule has 2 aliphatic rings. The van der Waals surface area contributed by atoms with Crippen LogP contribution in [0.1, 0.15) is 35.2 Å². The van der Waals surface area contributed by atoms with Gasteiger partial charge < -0.3 is 29.7 Å². The average Bonchev–Trinajstić information content (AvgIpc) is 2.92. The molecule has 0 aliphatic carbocycles. The Bertz CT molecular complexity index is 1110. The predicted molar refractivity (Wildman–Crippen MR) is 152 cm³/mol. The van der Waals surface area contributed by atoms with Crippen molar-refractivity contribution in [3.05, 3.63) is 57.6 Å². The molecule has 8 nitrogen and oxygen atoms in total. The lowest BCUT2D eigenvalue weighted by Crippen LogP contribution is -2.56. The minimum atomic E-state index is -0.290. The Kier molecular flexibility index (Phi) is 10.7. The quantitative estimate of drug-likeness (QED) is 0.408. The molecule has 2 fully saturated rings. The number of amides is 2. The first-order chi connectivity index (χ1) is 18.9. The van der Waals surface area contributed by atoms with Crippen molar-refractivity contribution in [3.63, 3.8) is 0 Å². The SMILES string of the molecule is COCC1CCCN(C(=O)C2CNCCC2NC(=O)c2ccc(OCCOc3c(Cl)cc(C)cc3Cl)cc2)C1. The summed E-state index contributed by atoms with van der Waals surface area (Å²) in [6.45, 7) is 5.90. The van der Waals surface area contributed by atoms with Crippen LogP contribution >= 0.6 is 23.2 Å². The zero-order valence-corrected chi connectivity index (χ0v) is 24.0. The number of carbonyl (C=O) groups excluding carboxylic acids is 2. The maximum absolute atomic E-state index is 13.4. The Morgan fingerprint density at radius 1 is 1.08 bits per heavy atom. The van der Waals surface area contributed by atoms with Crippen LogP contribution in [0.15, 0.2) is 36.4 Å². The van der Waals surface area contributed by atoms with Crippen LogP contribution in [0, 0.1) is 18.8 Å². The predicted octanol–water partition coefficient (Wildman–Crippen LogP) is 4.35. The number of likely N-dealkylation sites (tertiary alicyclic amines) is 1. The fraction of sp³-hybridized carbons (Fsp3) is 0.517. The first-order valence-electron chi connectivity index (χ1n) is 13.5. The Balaban J connectivity index is 1.27. The van der Waals surface area contributed by atoms with E-state index in [1.54, 1.807) is 43.5 Å². The first kappa shape index (κ1) is 29.5. The third kappa shape index (κ3) is 8.01. The fourth-order valence-electron chi connectivity index (χ4n) is 5.24. The maximum atomic E-state index is 13.4. The number of nitrogens with one attached hydrogen (secondary N) is 2. The van der Waals surface area contributed by atoms with Crippen molar-refractivity contribution < 1.29 is 23.8 Å². The van der Waals surface area contributed by atoms with Gasteiger partial charge in [0.25, 0.3) is 5.91 Å². The second-order valence-corrected chi connectivity index (χ2v) is 11.0. The number of hydrogen-bond donors (Lipinski definition) is 2. The van der Waals surface area contributed by atoms with Crippen molar-refractivity contribution in [1.29, 1.82) is 0 Å². The van der Waals surface area contributed by atoms with Gasteiger partial charge in [-0.2, -0.15) is 0 Å². The smallest absolute Gasteiger partial charge is 0.251 e. The molecular weight excluding hydrogens is 541 g/mol. The highest BCUT2D eigenvalue weighted by Gasteiger charge is 2.36. The molecule has 2 N–H and O–H groups in total. The molecule has 212 valence electrons. The zero-order chi connectivity index (χ0) is 27.8. The third-order valence-electron chi connectivity index (χ3n) is 7.21. The van der Waals surface area contributed by atoms with E-state index in [4.69, 9.17) is 37.4 Å². The average molecular weight is 579 g/mol. The number of methoxy groups -OCH3 is 1. The Morgan fingerprint density at radius 2 is 1.79 bits per heavy atom. The summed E-state index contributed by atoms with van der Waals surface area (Å²) < 4.78 is 16.7. The fourth-order valence-corrected chi connectivity index (χ4v) is 5.95. The second kappa shape index (κ2) is 14.2. The summed E-state index contributed by atoms with van der Waals surface area (Å²) >= 11 is 12.4.